The number of rotatable bonds is 6. The fraction of sp³-hybridized carbons (Fsp3) is 0.125. The number of hydrogen-bond donors (Lipinski definition) is 1. The van der Waals surface area contributed by atoms with Crippen molar-refractivity contribution in [3.63, 3.8) is 0 Å². The molecule has 0 saturated carbocycles. The van der Waals surface area contributed by atoms with E-state index in [1.807, 2.05) is 16.0 Å². The SMILES string of the molecule is O=C(/C=C/c1c(Cl)nc2sccn12)NCCOc1ccc(Cl)cc1. The van der Waals surface area contributed by atoms with Gasteiger partial charge < -0.3 is 10.1 Å². The summed E-state index contributed by atoms with van der Waals surface area (Å²) >= 11 is 13.3. The van der Waals surface area contributed by atoms with Crippen LogP contribution in [0.15, 0.2) is 41.9 Å². The van der Waals surface area contributed by atoms with E-state index in [1.165, 1.54) is 17.4 Å². The number of benzene rings is 1. The summed E-state index contributed by atoms with van der Waals surface area (Å²) < 4.78 is 7.33. The first-order valence-electron chi connectivity index (χ1n) is 7.09. The molecule has 0 atom stereocenters. The fourth-order valence-electron chi connectivity index (χ4n) is 2.01. The second-order valence-corrected chi connectivity index (χ2v) is 6.44. The monoisotopic (exact) mass is 381 g/mol. The lowest BCUT2D eigenvalue weighted by Crippen LogP contribution is -2.26. The summed E-state index contributed by atoms with van der Waals surface area (Å²) in [6.45, 7) is 0.753. The van der Waals surface area contributed by atoms with Gasteiger partial charge in [-0.3, -0.25) is 9.20 Å². The minimum absolute atomic E-state index is 0.226. The van der Waals surface area contributed by atoms with Gasteiger partial charge in [-0.1, -0.05) is 23.2 Å². The molecule has 0 aliphatic heterocycles. The van der Waals surface area contributed by atoms with E-state index in [9.17, 15) is 4.79 Å². The number of fused-ring (bicyclic) bond motifs is 1. The predicted molar refractivity (Wildman–Crippen MR) is 97.1 cm³/mol. The summed E-state index contributed by atoms with van der Waals surface area (Å²) in [5.74, 6) is 0.478. The molecule has 0 bridgehead atoms. The highest BCUT2D eigenvalue weighted by molar-refractivity contribution is 7.15. The lowest BCUT2D eigenvalue weighted by molar-refractivity contribution is -0.116. The van der Waals surface area contributed by atoms with E-state index in [4.69, 9.17) is 27.9 Å². The standard InChI is InChI=1S/C16H13Cl2N3O2S/c17-11-1-3-12(4-2-11)23-9-7-19-14(22)6-5-13-15(18)20-16-21(13)8-10-24-16/h1-6,8,10H,7,9H2,(H,19,22)/b6-5+. The summed E-state index contributed by atoms with van der Waals surface area (Å²) in [7, 11) is 0. The van der Waals surface area contributed by atoms with E-state index in [0.29, 0.717) is 34.8 Å². The second kappa shape index (κ2) is 7.70. The Labute approximate surface area is 152 Å². The summed E-state index contributed by atoms with van der Waals surface area (Å²) in [5, 5.41) is 5.67. The molecule has 2 heterocycles. The minimum atomic E-state index is -0.226. The number of aromatic nitrogens is 2. The number of imidazole rings is 1. The third-order valence-corrected chi connectivity index (χ3v) is 4.42. The Kier molecular flexibility index (Phi) is 5.40. The van der Waals surface area contributed by atoms with Crippen molar-refractivity contribution in [1.82, 2.24) is 14.7 Å². The molecule has 0 saturated heterocycles. The Morgan fingerprint density at radius 3 is 2.92 bits per heavy atom. The number of thiazole rings is 1. The van der Waals surface area contributed by atoms with E-state index < -0.39 is 0 Å². The largest absolute Gasteiger partial charge is 0.492 e. The van der Waals surface area contributed by atoms with Crippen molar-refractivity contribution in [3.05, 3.63) is 57.8 Å². The quantitative estimate of drug-likeness (QED) is 0.520. The molecule has 1 amide bonds. The highest BCUT2D eigenvalue weighted by Gasteiger charge is 2.08. The zero-order chi connectivity index (χ0) is 16.9. The van der Waals surface area contributed by atoms with Crippen LogP contribution in [0.1, 0.15) is 5.69 Å². The third kappa shape index (κ3) is 4.08. The van der Waals surface area contributed by atoms with Crippen molar-refractivity contribution < 1.29 is 9.53 Å². The summed E-state index contributed by atoms with van der Waals surface area (Å²) in [6.07, 6.45) is 4.93. The number of halogens is 2. The predicted octanol–water partition coefficient (Wildman–Crippen LogP) is 3.91. The van der Waals surface area contributed by atoms with Crippen LogP contribution in [0.5, 0.6) is 5.75 Å². The molecule has 24 heavy (non-hydrogen) atoms. The average molecular weight is 382 g/mol. The summed E-state index contributed by atoms with van der Waals surface area (Å²) in [5.41, 5.74) is 0.681. The molecule has 8 heteroatoms. The van der Waals surface area contributed by atoms with Crippen LogP contribution in [0.4, 0.5) is 0 Å². The number of nitrogens with one attached hydrogen (secondary N) is 1. The second-order valence-electron chi connectivity index (χ2n) is 4.77. The number of carbonyl (C=O) groups excluding carboxylic acids is 1. The van der Waals surface area contributed by atoms with Crippen molar-refractivity contribution >= 4 is 51.5 Å². The van der Waals surface area contributed by atoms with Crippen molar-refractivity contribution in [1.29, 1.82) is 0 Å². The molecule has 0 aliphatic rings. The van der Waals surface area contributed by atoms with Crippen LogP contribution in [-0.2, 0) is 4.79 Å². The van der Waals surface area contributed by atoms with Crippen LogP contribution in [-0.4, -0.2) is 28.4 Å². The Balaban J connectivity index is 1.48. The van der Waals surface area contributed by atoms with Gasteiger partial charge in [-0.2, -0.15) is 0 Å². The van der Waals surface area contributed by atoms with Crippen LogP contribution in [0, 0.1) is 0 Å². The molecule has 1 N–H and O–H groups in total. The van der Waals surface area contributed by atoms with Crippen molar-refractivity contribution in [2.75, 3.05) is 13.2 Å². The lowest BCUT2D eigenvalue weighted by Gasteiger charge is -2.06. The van der Waals surface area contributed by atoms with Gasteiger partial charge in [0.05, 0.1) is 12.2 Å². The molecule has 0 spiro atoms. The molecule has 2 aromatic heterocycles. The zero-order valence-electron chi connectivity index (χ0n) is 12.4. The van der Waals surface area contributed by atoms with Gasteiger partial charge in [-0.15, -0.1) is 11.3 Å². The molecular weight excluding hydrogens is 369 g/mol. The molecule has 0 radical (unpaired) electrons. The molecule has 1 aromatic carbocycles. The van der Waals surface area contributed by atoms with Gasteiger partial charge in [-0.05, 0) is 30.3 Å². The maximum absolute atomic E-state index is 11.8. The average Bonchev–Trinajstić information content (AvgIpc) is 3.12. The maximum Gasteiger partial charge on any atom is 0.244 e. The number of ether oxygens (including phenoxy) is 1. The van der Waals surface area contributed by atoms with Crippen LogP contribution >= 0.6 is 34.5 Å². The first kappa shape index (κ1) is 16.8. The van der Waals surface area contributed by atoms with Gasteiger partial charge >= 0.3 is 0 Å². The van der Waals surface area contributed by atoms with Crippen LogP contribution < -0.4 is 10.1 Å². The summed E-state index contributed by atoms with van der Waals surface area (Å²) in [4.78, 5) is 16.8. The van der Waals surface area contributed by atoms with Gasteiger partial charge in [0.1, 0.15) is 12.4 Å². The number of amides is 1. The Morgan fingerprint density at radius 2 is 2.12 bits per heavy atom. The third-order valence-electron chi connectivity index (χ3n) is 3.13. The fourth-order valence-corrected chi connectivity index (χ4v) is 3.14. The van der Waals surface area contributed by atoms with Crippen LogP contribution in [0.25, 0.3) is 11.0 Å². The molecule has 0 fully saturated rings. The van der Waals surface area contributed by atoms with Gasteiger partial charge in [0.25, 0.3) is 0 Å². The van der Waals surface area contributed by atoms with E-state index in [-0.39, 0.29) is 5.91 Å². The Morgan fingerprint density at radius 1 is 1.33 bits per heavy atom. The molecule has 0 aliphatic carbocycles. The van der Waals surface area contributed by atoms with Gasteiger partial charge in [0, 0.05) is 22.7 Å². The van der Waals surface area contributed by atoms with Gasteiger partial charge in [-0.25, -0.2) is 4.98 Å². The van der Waals surface area contributed by atoms with Crippen LogP contribution in [0.3, 0.4) is 0 Å². The van der Waals surface area contributed by atoms with Crippen molar-refractivity contribution in [2.45, 2.75) is 0 Å². The van der Waals surface area contributed by atoms with Crippen molar-refractivity contribution in [2.24, 2.45) is 0 Å². The molecule has 3 rings (SSSR count). The van der Waals surface area contributed by atoms with Gasteiger partial charge in [0.15, 0.2) is 10.1 Å². The summed E-state index contributed by atoms with van der Waals surface area (Å²) in [6, 6.07) is 7.05. The normalized spacial score (nSPS) is 11.2. The zero-order valence-corrected chi connectivity index (χ0v) is 14.7. The number of nitrogens with zero attached hydrogens (tertiary/aromatic N) is 2. The van der Waals surface area contributed by atoms with E-state index >= 15 is 0 Å². The minimum Gasteiger partial charge on any atom is -0.492 e. The number of carbonyl (C=O) groups is 1. The smallest absolute Gasteiger partial charge is 0.244 e. The molecule has 5 nitrogen and oxygen atoms in total. The highest BCUT2D eigenvalue weighted by Crippen LogP contribution is 2.22. The van der Waals surface area contributed by atoms with E-state index in [1.54, 1.807) is 30.3 Å². The first-order valence-corrected chi connectivity index (χ1v) is 8.72. The van der Waals surface area contributed by atoms with E-state index in [2.05, 4.69) is 10.3 Å². The Bertz CT molecular complexity index is 871. The van der Waals surface area contributed by atoms with Crippen LogP contribution in [0.2, 0.25) is 10.2 Å². The lowest BCUT2D eigenvalue weighted by atomic mass is 10.3. The first-order chi connectivity index (χ1) is 11.6. The topological polar surface area (TPSA) is 55.6 Å². The maximum atomic E-state index is 11.8. The van der Waals surface area contributed by atoms with Gasteiger partial charge in [0.2, 0.25) is 5.91 Å². The molecule has 0 unspecified atom stereocenters. The molecule has 124 valence electrons. The Hall–Kier alpha value is -2.02. The highest BCUT2D eigenvalue weighted by atomic mass is 35.5. The van der Waals surface area contributed by atoms with Crippen molar-refractivity contribution in [3.8, 4) is 5.75 Å². The van der Waals surface area contributed by atoms with E-state index in [0.717, 1.165) is 4.96 Å². The molecule has 3 aromatic rings. The number of hydrogen-bond acceptors (Lipinski definition) is 4. The molecular formula is C16H13Cl2N3O2S.